The van der Waals surface area contributed by atoms with E-state index in [0.29, 0.717) is 18.7 Å². The maximum Gasteiger partial charge on any atom is 0.279 e. The van der Waals surface area contributed by atoms with Gasteiger partial charge in [0.2, 0.25) is 5.91 Å². The van der Waals surface area contributed by atoms with Gasteiger partial charge in [-0.25, -0.2) is 4.98 Å². The van der Waals surface area contributed by atoms with Crippen molar-refractivity contribution in [2.24, 2.45) is 5.92 Å². The predicted octanol–water partition coefficient (Wildman–Crippen LogP) is 1.85. The van der Waals surface area contributed by atoms with Gasteiger partial charge in [0.15, 0.2) is 0 Å². The van der Waals surface area contributed by atoms with E-state index in [9.17, 15) is 9.59 Å². The summed E-state index contributed by atoms with van der Waals surface area (Å²) in [7, 11) is 0. The van der Waals surface area contributed by atoms with Crippen LogP contribution in [0.4, 0.5) is 0 Å². The first-order valence-electron chi connectivity index (χ1n) is 5.04. The maximum absolute atomic E-state index is 11.9. The molecule has 2 heterocycles. The number of carbonyl (C=O) groups is 2. The van der Waals surface area contributed by atoms with Gasteiger partial charge in [0.1, 0.15) is 5.69 Å². The summed E-state index contributed by atoms with van der Waals surface area (Å²) in [6.07, 6.45) is 2.00. The van der Waals surface area contributed by atoms with E-state index >= 15 is 0 Å². The van der Waals surface area contributed by atoms with E-state index in [1.165, 1.54) is 4.90 Å². The number of likely N-dealkylation sites (tertiary alicyclic amines) is 1. The van der Waals surface area contributed by atoms with Crippen LogP contribution in [0.1, 0.15) is 23.8 Å². The van der Waals surface area contributed by atoms with Crippen molar-refractivity contribution in [3.05, 3.63) is 28.5 Å². The molecule has 1 aromatic rings. The first kappa shape index (κ1) is 11.3. The second kappa shape index (κ2) is 4.33. The summed E-state index contributed by atoms with van der Waals surface area (Å²) in [5, 5.41) is 0. The van der Waals surface area contributed by atoms with Gasteiger partial charge in [-0.1, -0.05) is 6.92 Å². The fourth-order valence-electron chi connectivity index (χ4n) is 1.72. The zero-order valence-electron chi connectivity index (χ0n) is 8.81. The topological polar surface area (TPSA) is 50.3 Å². The van der Waals surface area contributed by atoms with Crippen LogP contribution in [0, 0.1) is 5.92 Å². The molecule has 84 valence electrons. The largest absolute Gasteiger partial charge is 0.279 e. The van der Waals surface area contributed by atoms with Gasteiger partial charge in [-0.15, -0.1) is 0 Å². The Balaban J connectivity index is 2.19. The van der Waals surface area contributed by atoms with E-state index in [1.54, 1.807) is 18.3 Å². The van der Waals surface area contributed by atoms with E-state index < -0.39 is 0 Å². The van der Waals surface area contributed by atoms with Gasteiger partial charge in [-0.05, 0) is 34.0 Å². The minimum Gasteiger partial charge on any atom is -0.277 e. The molecule has 1 aliphatic rings. The molecule has 5 heteroatoms. The Kier molecular flexibility index (Phi) is 3.05. The number of hydrogen-bond donors (Lipinski definition) is 0. The van der Waals surface area contributed by atoms with Gasteiger partial charge >= 0.3 is 0 Å². The lowest BCUT2D eigenvalue weighted by Crippen LogP contribution is -2.32. The Morgan fingerprint density at radius 3 is 2.81 bits per heavy atom. The zero-order valence-corrected chi connectivity index (χ0v) is 10.4. The Morgan fingerprint density at radius 2 is 2.31 bits per heavy atom. The minimum atomic E-state index is -0.304. The van der Waals surface area contributed by atoms with Gasteiger partial charge in [0.05, 0.1) is 0 Å². The average molecular weight is 283 g/mol. The summed E-state index contributed by atoms with van der Waals surface area (Å²) in [6.45, 7) is 2.45. The van der Waals surface area contributed by atoms with Crippen LogP contribution in [0.5, 0.6) is 0 Å². The van der Waals surface area contributed by atoms with Crippen LogP contribution in [-0.4, -0.2) is 28.2 Å². The monoisotopic (exact) mass is 282 g/mol. The molecule has 1 atom stereocenters. The lowest BCUT2D eigenvalue weighted by Gasteiger charge is -2.13. The van der Waals surface area contributed by atoms with Gasteiger partial charge < -0.3 is 0 Å². The highest BCUT2D eigenvalue weighted by Crippen LogP contribution is 2.19. The number of halogens is 1. The molecule has 1 aromatic heterocycles. The molecule has 16 heavy (non-hydrogen) atoms. The number of hydrogen-bond acceptors (Lipinski definition) is 3. The minimum absolute atomic E-state index is 0.109. The summed E-state index contributed by atoms with van der Waals surface area (Å²) in [5.41, 5.74) is 0.311. The highest BCUT2D eigenvalue weighted by molar-refractivity contribution is 9.10. The molecule has 2 rings (SSSR count). The number of aromatic nitrogens is 1. The van der Waals surface area contributed by atoms with Gasteiger partial charge in [0.25, 0.3) is 5.91 Å². The van der Waals surface area contributed by atoms with Crippen LogP contribution in [0.3, 0.4) is 0 Å². The molecule has 2 amide bonds. The first-order chi connectivity index (χ1) is 7.58. The van der Waals surface area contributed by atoms with E-state index in [2.05, 4.69) is 20.9 Å². The highest BCUT2D eigenvalue weighted by Gasteiger charge is 2.32. The van der Waals surface area contributed by atoms with Crippen LogP contribution in [0.25, 0.3) is 0 Å². The number of nitrogens with zero attached hydrogens (tertiary/aromatic N) is 2. The van der Waals surface area contributed by atoms with E-state index in [4.69, 9.17) is 0 Å². The maximum atomic E-state index is 11.9. The fourth-order valence-corrected chi connectivity index (χ4v) is 1.96. The standard InChI is InChI=1S/C11H11BrN2O2/c1-7-4-10(15)14(6-7)11(16)9-3-2-8(12)5-13-9/h2-3,5,7H,4,6H2,1H3. The van der Waals surface area contributed by atoms with Crippen molar-refractivity contribution < 1.29 is 9.59 Å². The van der Waals surface area contributed by atoms with Gasteiger partial charge in [-0.2, -0.15) is 0 Å². The van der Waals surface area contributed by atoms with Crippen molar-refractivity contribution in [3.63, 3.8) is 0 Å². The van der Waals surface area contributed by atoms with E-state index in [1.807, 2.05) is 6.92 Å². The van der Waals surface area contributed by atoms with Crippen LogP contribution < -0.4 is 0 Å². The molecule has 1 fully saturated rings. The summed E-state index contributed by atoms with van der Waals surface area (Å²) in [6, 6.07) is 3.35. The second-order valence-corrected chi connectivity index (χ2v) is 4.90. The lowest BCUT2D eigenvalue weighted by atomic mass is 10.2. The molecule has 0 bridgehead atoms. The third-order valence-electron chi connectivity index (χ3n) is 2.51. The molecule has 0 aliphatic carbocycles. The van der Waals surface area contributed by atoms with E-state index in [-0.39, 0.29) is 17.7 Å². The molecule has 1 aliphatic heterocycles. The smallest absolute Gasteiger partial charge is 0.277 e. The van der Waals surface area contributed by atoms with Crippen LogP contribution >= 0.6 is 15.9 Å². The molecule has 0 N–H and O–H groups in total. The predicted molar refractivity (Wildman–Crippen MR) is 61.8 cm³/mol. The number of rotatable bonds is 1. The van der Waals surface area contributed by atoms with Gasteiger partial charge in [0, 0.05) is 23.6 Å². The molecular formula is C11H11BrN2O2. The number of imide groups is 1. The Hall–Kier alpha value is -1.23. The molecule has 0 radical (unpaired) electrons. The zero-order chi connectivity index (χ0) is 11.7. The van der Waals surface area contributed by atoms with Crippen LogP contribution in [0.15, 0.2) is 22.8 Å². The van der Waals surface area contributed by atoms with Crippen molar-refractivity contribution in [2.45, 2.75) is 13.3 Å². The molecule has 1 saturated heterocycles. The van der Waals surface area contributed by atoms with Crippen molar-refractivity contribution in [1.29, 1.82) is 0 Å². The van der Waals surface area contributed by atoms with Crippen LogP contribution in [-0.2, 0) is 4.79 Å². The Morgan fingerprint density at radius 1 is 1.56 bits per heavy atom. The quantitative estimate of drug-likeness (QED) is 0.739. The fraction of sp³-hybridized carbons (Fsp3) is 0.364. The molecular weight excluding hydrogens is 272 g/mol. The van der Waals surface area contributed by atoms with Crippen molar-refractivity contribution in [1.82, 2.24) is 9.88 Å². The SMILES string of the molecule is CC1CC(=O)N(C(=O)c2ccc(Br)cn2)C1. The Labute approximate surface area is 102 Å². The Bertz CT molecular complexity index is 430. The normalized spacial score (nSPS) is 20.2. The highest BCUT2D eigenvalue weighted by atomic mass is 79.9. The molecule has 0 aromatic carbocycles. The number of carbonyl (C=O) groups excluding carboxylic acids is 2. The summed E-state index contributed by atoms with van der Waals surface area (Å²) >= 11 is 3.25. The first-order valence-corrected chi connectivity index (χ1v) is 5.83. The third-order valence-corrected chi connectivity index (χ3v) is 2.98. The van der Waals surface area contributed by atoms with Crippen molar-refractivity contribution >= 4 is 27.7 Å². The second-order valence-electron chi connectivity index (χ2n) is 3.98. The van der Waals surface area contributed by atoms with Crippen LogP contribution in [0.2, 0.25) is 0 Å². The average Bonchev–Trinajstić information content (AvgIpc) is 2.58. The number of amides is 2. The summed E-state index contributed by atoms with van der Waals surface area (Å²) in [4.78, 5) is 28.7. The van der Waals surface area contributed by atoms with E-state index in [0.717, 1.165) is 4.47 Å². The molecule has 0 saturated carbocycles. The summed E-state index contributed by atoms with van der Waals surface area (Å²) in [5.74, 6) is -0.170. The molecule has 1 unspecified atom stereocenters. The molecule has 4 nitrogen and oxygen atoms in total. The lowest BCUT2D eigenvalue weighted by molar-refractivity contribution is -0.125. The van der Waals surface area contributed by atoms with Crippen molar-refractivity contribution in [3.8, 4) is 0 Å². The number of pyridine rings is 1. The molecule has 0 spiro atoms. The summed E-state index contributed by atoms with van der Waals surface area (Å²) < 4.78 is 0.810. The third kappa shape index (κ3) is 2.14. The van der Waals surface area contributed by atoms with Gasteiger partial charge in [-0.3, -0.25) is 14.5 Å². The van der Waals surface area contributed by atoms with Crippen molar-refractivity contribution in [2.75, 3.05) is 6.54 Å².